The molecule has 2 aromatic heterocycles. The summed E-state index contributed by atoms with van der Waals surface area (Å²) < 4.78 is 5.62. The molecule has 0 atom stereocenters. The fourth-order valence-corrected chi connectivity index (χ4v) is 1.57. The first-order valence-electron chi connectivity index (χ1n) is 5.31. The van der Waals surface area contributed by atoms with Gasteiger partial charge in [0.25, 0.3) is 5.88 Å². The topological polar surface area (TPSA) is 47.9 Å². The van der Waals surface area contributed by atoms with E-state index in [1.165, 1.54) is 12.4 Å². The summed E-state index contributed by atoms with van der Waals surface area (Å²) in [4.78, 5) is 12.3. The number of aryl methyl sites for hydroxylation is 2. The predicted molar refractivity (Wildman–Crippen MR) is 65.5 cm³/mol. The number of aromatic nitrogens is 3. The monoisotopic (exact) mass is 249 g/mol. The summed E-state index contributed by atoms with van der Waals surface area (Å²) in [6.45, 7) is 3.96. The van der Waals surface area contributed by atoms with Crippen molar-refractivity contribution in [3.63, 3.8) is 0 Å². The van der Waals surface area contributed by atoms with Crippen LogP contribution in [0.3, 0.4) is 0 Å². The molecule has 0 bridgehead atoms. The second-order valence-corrected chi connectivity index (χ2v) is 3.86. The lowest BCUT2D eigenvalue weighted by atomic mass is 10.2. The molecule has 4 nitrogen and oxygen atoms in total. The molecule has 0 aliphatic carbocycles. The lowest BCUT2D eigenvalue weighted by Gasteiger charge is -2.09. The van der Waals surface area contributed by atoms with E-state index in [0.29, 0.717) is 11.6 Å². The standard InChI is InChI=1S/C12H12ClN3O/c1-3-9-10(5-4-8(2)16-9)17-12-11(13)14-6-7-15-12/h4-7H,3H2,1-2H3. The quantitative estimate of drug-likeness (QED) is 0.838. The molecule has 0 aliphatic heterocycles. The van der Waals surface area contributed by atoms with Gasteiger partial charge in [-0.3, -0.25) is 4.98 Å². The highest BCUT2D eigenvalue weighted by atomic mass is 35.5. The van der Waals surface area contributed by atoms with Crippen molar-refractivity contribution in [2.45, 2.75) is 20.3 Å². The molecule has 17 heavy (non-hydrogen) atoms. The maximum absolute atomic E-state index is 5.88. The van der Waals surface area contributed by atoms with E-state index >= 15 is 0 Å². The molecule has 0 N–H and O–H groups in total. The van der Waals surface area contributed by atoms with Gasteiger partial charge in [-0.05, 0) is 25.5 Å². The predicted octanol–water partition coefficient (Wildman–Crippen LogP) is 3.19. The Hall–Kier alpha value is -1.68. The summed E-state index contributed by atoms with van der Waals surface area (Å²) in [7, 11) is 0. The molecular formula is C12H12ClN3O. The summed E-state index contributed by atoms with van der Waals surface area (Å²) >= 11 is 5.88. The van der Waals surface area contributed by atoms with Gasteiger partial charge in [-0.25, -0.2) is 9.97 Å². The number of nitrogens with zero attached hydrogens (tertiary/aromatic N) is 3. The van der Waals surface area contributed by atoms with E-state index in [1.54, 1.807) is 0 Å². The molecule has 0 aromatic carbocycles. The minimum absolute atomic E-state index is 0.245. The first kappa shape index (κ1) is 11.8. The van der Waals surface area contributed by atoms with Crippen molar-refractivity contribution in [2.24, 2.45) is 0 Å². The number of halogens is 1. The van der Waals surface area contributed by atoms with Gasteiger partial charge < -0.3 is 4.74 Å². The molecule has 2 aromatic rings. The van der Waals surface area contributed by atoms with Crippen molar-refractivity contribution in [3.05, 3.63) is 41.1 Å². The fourth-order valence-electron chi connectivity index (χ4n) is 1.42. The van der Waals surface area contributed by atoms with Gasteiger partial charge in [0.05, 0.1) is 5.69 Å². The zero-order valence-electron chi connectivity index (χ0n) is 9.64. The van der Waals surface area contributed by atoms with Gasteiger partial charge in [-0.1, -0.05) is 18.5 Å². The Bertz CT molecular complexity index is 531. The highest BCUT2D eigenvalue weighted by Gasteiger charge is 2.09. The molecular weight excluding hydrogens is 238 g/mol. The Kier molecular flexibility index (Phi) is 3.54. The summed E-state index contributed by atoms with van der Waals surface area (Å²) in [6, 6.07) is 3.75. The van der Waals surface area contributed by atoms with E-state index in [4.69, 9.17) is 16.3 Å². The van der Waals surface area contributed by atoms with Crippen LogP contribution in [0.15, 0.2) is 24.5 Å². The maximum atomic E-state index is 5.88. The Labute approximate surface area is 105 Å². The third-order valence-corrected chi connectivity index (χ3v) is 2.50. The summed E-state index contributed by atoms with van der Waals surface area (Å²) in [5, 5.41) is 0.245. The molecule has 88 valence electrons. The maximum Gasteiger partial charge on any atom is 0.257 e. The van der Waals surface area contributed by atoms with Gasteiger partial charge in [0.2, 0.25) is 0 Å². The lowest BCUT2D eigenvalue weighted by Crippen LogP contribution is -1.97. The van der Waals surface area contributed by atoms with Crippen LogP contribution in [-0.4, -0.2) is 15.0 Å². The van der Waals surface area contributed by atoms with E-state index in [0.717, 1.165) is 17.8 Å². The molecule has 0 saturated carbocycles. The molecule has 0 unspecified atom stereocenters. The Morgan fingerprint density at radius 2 is 2.00 bits per heavy atom. The van der Waals surface area contributed by atoms with Crippen molar-refractivity contribution in [2.75, 3.05) is 0 Å². The molecule has 2 heterocycles. The van der Waals surface area contributed by atoms with Crippen LogP contribution in [0.1, 0.15) is 18.3 Å². The van der Waals surface area contributed by atoms with E-state index in [9.17, 15) is 0 Å². The Morgan fingerprint density at radius 3 is 2.71 bits per heavy atom. The van der Waals surface area contributed by atoms with Gasteiger partial charge in [0.1, 0.15) is 0 Å². The summed E-state index contributed by atoms with van der Waals surface area (Å²) in [5.41, 5.74) is 1.84. The second-order valence-electron chi connectivity index (χ2n) is 3.51. The van der Waals surface area contributed by atoms with Crippen LogP contribution >= 0.6 is 11.6 Å². The Morgan fingerprint density at radius 1 is 1.24 bits per heavy atom. The fraction of sp³-hybridized carbons (Fsp3) is 0.250. The molecule has 0 saturated heterocycles. The number of ether oxygens (including phenoxy) is 1. The number of rotatable bonds is 3. The first-order valence-corrected chi connectivity index (χ1v) is 5.69. The molecule has 0 fully saturated rings. The summed E-state index contributed by atoms with van der Waals surface area (Å²) in [6.07, 6.45) is 3.84. The highest BCUT2D eigenvalue weighted by molar-refractivity contribution is 6.30. The average molecular weight is 250 g/mol. The van der Waals surface area contributed by atoms with E-state index < -0.39 is 0 Å². The highest BCUT2D eigenvalue weighted by Crippen LogP contribution is 2.27. The zero-order chi connectivity index (χ0) is 12.3. The summed E-state index contributed by atoms with van der Waals surface area (Å²) in [5.74, 6) is 0.968. The second kappa shape index (κ2) is 5.10. The minimum atomic E-state index is 0.245. The van der Waals surface area contributed by atoms with E-state index in [-0.39, 0.29) is 5.15 Å². The third kappa shape index (κ3) is 2.71. The van der Waals surface area contributed by atoms with Crippen LogP contribution in [0, 0.1) is 6.92 Å². The van der Waals surface area contributed by atoms with Gasteiger partial charge in [-0.15, -0.1) is 0 Å². The molecule has 0 aliphatic rings. The molecule has 2 rings (SSSR count). The minimum Gasteiger partial charge on any atom is -0.434 e. The normalized spacial score (nSPS) is 10.3. The smallest absolute Gasteiger partial charge is 0.257 e. The van der Waals surface area contributed by atoms with Crippen LogP contribution < -0.4 is 4.74 Å². The number of hydrogen-bond acceptors (Lipinski definition) is 4. The van der Waals surface area contributed by atoms with Gasteiger partial charge >= 0.3 is 0 Å². The molecule has 0 radical (unpaired) electrons. The average Bonchev–Trinajstić information content (AvgIpc) is 2.34. The lowest BCUT2D eigenvalue weighted by molar-refractivity contribution is 0.451. The van der Waals surface area contributed by atoms with Crippen LogP contribution in [0.4, 0.5) is 0 Å². The molecule has 0 spiro atoms. The van der Waals surface area contributed by atoms with Crippen molar-refractivity contribution in [3.8, 4) is 11.6 Å². The molecule has 0 amide bonds. The van der Waals surface area contributed by atoms with E-state index in [1.807, 2.05) is 26.0 Å². The SMILES string of the molecule is CCc1nc(C)ccc1Oc1nccnc1Cl. The zero-order valence-corrected chi connectivity index (χ0v) is 10.4. The third-order valence-electron chi connectivity index (χ3n) is 2.24. The number of hydrogen-bond donors (Lipinski definition) is 0. The van der Waals surface area contributed by atoms with Gasteiger partial charge in [0.15, 0.2) is 10.9 Å². The first-order chi connectivity index (χ1) is 8.20. The number of pyridine rings is 1. The van der Waals surface area contributed by atoms with Crippen LogP contribution in [0.25, 0.3) is 0 Å². The van der Waals surface area contributed by atoms with Crippen molar-refractivity contribution < 1.29 is 4.74 Å². The van der Waals surface area contributed by atoms with Crippen LogP contribution in [0.2, 0.25) is 5.15 Å². The largest absolute Gasteiger partial charge is 0.434 e. The van der Waals surface area contributed by atoms with Crippen molar-refractivity contribution >= 4 is 11.6 Å². The van der Waals surface area contributed by atoms with E-state index in [2.05, 4.69) is 15.0 Å². The Balaban J connectivity index is 2.33. The van der Waals surface area contributed by atoms with Gasteiger partial charge in [0, 0.05) is 18.1 Å². The van der Waals surface area contributed by atoms with Crippen LogP contribution in [0.5, 0.6) is 11.6 Å². The van der Waals surface area contributed by atoms with Crippen molar-refractivity contribution in [1.29, 1.82) is 0 Å². The van der Waals surface area contributed by atoms with Gasteiger partial charge in [-0.2, -0.15) is 0 Å². The van der Waals surface area contributed by atoms with Crippen molar-refractivity contribution in [1.82, 2.24) is 15.0 Å². The van der Waals surface area contributed by atoms with Crippen LogP contribution in [-0.2, 0) is 6.42 Å². The molecule has 5 heteroatoms.